The van der Waals surface area contributed by atoms with Crippen LogP contribution in [0.4, 0.5) is 5.69 Å². The highest BCUT2D eigenvalue weighted by Crippen LogP contribution is 2.39. The van der Waals surface area contributed by atoms with Crippen LogP contribution < -0.4 is 14.4 Å². The van der Waals surface area contributed by atoms with Gasteiger partial charge in [-0.3, -0.25) is 4.79 Å². The number of anilines is 1. The van der Waals surface area contributed by atoms with Crippen LogP contribution in [-0.4, -0.2) is 32.6 Å². The van der Waals surface area contributed by atoms with E-state index in [0.717, 1.165) is 5.69 Å². The highest BCUT2D eigenvalue weighted by atomic mass is 35.5. The fourth-order valence-electron chi connectivity index (χ4n) is 2.20. The van der Waals surface area contributed by atoms with E-state index < -0.39 is 0 Å². The van der Waals surface area contributed by atoms with E-state index in [0.29, 0.717) is 30.3 Å². The minimum atomic E-state index is 0.0761. The molecule has 0 N–H and O–H groups in total. The Morgan fingerprint density at radius 3 is 2.72 bits per heavy atom. The molecule has 0 radical (unpaired) electrons. The van der Waals surface area contributed by atoms with Crippen molar-refractivity contribution in [1.82, 2.24) is 0 Å². The third-order valence-corrected chi connectivity index (χ3v) is 3.53. The molecule has 1 aromatic rings. The standard InChI is InChI=1S/C13H16ClNO3/c1-17-11-5-3-4-10(13(11)18-2)15-8-9(7-14)6-12(15)16/h3-5,9H,6-8H2,1-2H3. The number of amides is 1. The lowest BCUT2D eigenvalue weighted by Crippen LogP contribution is -2.25. The number of methoxy groups -OCH3 is 2. The lowest BCUT2D eigenvalue weighted by molar-refractivity contribution is -0.117. The molecular formula is C13H16ClNO3. The van der Waals surface area contributed by atoms with Gasteiger partial charge in [0.15, 0.2) is 11.5 Å². The van der Waals surface area contributed by atoms with Crippen LogP contribution in [0.15, 0.2) is 18.2 Å². The van der Waals surface area contributed by atoms with Crippen molar-refractivity contribution in [3.05, 3.63) is 18.2 Å². The lowest BCUT2D eigenvalue weighted by Gasteiger charge is -2.20. The summed E-state index contributed by atoms with van der Waals surface area (Å²) in [5, 5.41) is 0. The number of carbonyl (C=O) groups is 1. The van der Waals surface area contributed by atoms with Crippen LogP contribution in [0.25, 0.3) is 0 Å². The number of benzene rings is 1. The topological polar surface area (TPSA) is 38.8 Å². The van der Waals surface area contributed by atoms with Gasteiger partial charge < -0.3 is 14.4 Å². The number of hydrogen-bond acceptors (Lipinski definition) is 3. The van der Waals surface area contributed by atoms with Gasteiger partial charge in [-0.25, -0.2) is 0 Å². The van der Waals surface area contributed by atoms with E-state index in [9.17, 15) is 4.79 Å². The third kappa shape index (κ3) is 2.25. The molecule has 0 saturated carbocycles. The molecule has 1 heterocycles. The van der Waals surface area contributed by atoms with Gasteiger partial charge in [-0.05, 0) is 18.1 Å². The van der Waals surface area contributed by atoms with Gasteiger partial charge in [-0.1, -0.05) is 6.07 Å². The normalized spacial score (nSPS) is 19.2. The van der Waals surface area contributed by atoms with Crippen molar-refractivity contribution in [3.8, 4) is 11.5 Å². The first-order valence-electron chi connectivity index (χ1n) is 5.78. The van der Waals surface area contributed by atoms with Gasteiger partial charge in [0.1, 0.15) is 0 Å². The second-order valence-corrected chi connectivity index (χ2v) is 4.55. The summed E-state index contributed by atoms with van der Waals surface area (Å²) in [5.41, 5.74) is 0.745. The van der Waals surface area contributed by atoms with Crippen LogP contribution in [0.1, 0.15) is 6.42 Å². The van der Waals surface area contributed by atoms with Crippen LogP contribution >= 0.6 is 11.6 Å². The summed E-state index contributed by atoms with van der Waals surface area (Å²) in [7, 11) is 3.15. The number of rotatable bonds is 4. The Morgan fingerprint density at radius 1 is 1.39 bits per heavy atom. The van der Waals surface area contributed by atoms with Gasteiger partial charge in [-0.15, -0.1) is 11.6 Å². The van der Waals surface area contributed by atoms with Crippen LogP contribution in [-0.2, 0) is 4.79 Å². The fraction of sp³-hybridized carbons (Fsp3) is 0.462. The van der Waals surface area contributed by atoms with Crippen molar-refractivity contribution in [2.24, 2.45) is 5.92 Å². The molecule has 5 heteroatoms. The summed E-state index contributed by atoms with van der Waals surface area (Å²) in [6.45, 7) is 0.631. The van der Waals surface area contributed by atoms with E-state index in [4.69, 9.17) is 21.1 Å². The van der Waals surface area contributed by atoms with E-state index >= 15 is 0 Å². The lowest BCUT2D eigenvalue weighted by atomic mass is 10.1. The Kier molecular flexibility index (Phi) is 3.97. The minimum absolute atomic E-state index is 0.0761. The summed E-state index contributed by atoms with van der Waals surface area (Å²) >= 11 is 5.82. The number of hydrogen-bond donors (Lipinski definition) is 0. The highest BCUT2D eigenvalue weighted by molar-refractivity contribution is 6.18. The first-order chi connectivity index (χ1) is 8.71. The summed E-state index contributed by atoms with van der Waals surface area (Å²) in [6, 6.07) is 5.51. The van der Waals surface area contributed by atoms with Crippen molar-refractivity contribution >= 4 is 23.2 Å². The van der Waals surface area contributed by atoms with Crippen molar-refractivity contribution in [2.75, 3.05) is 31.5 Å². The fourth-order valence-corrected chi connectivity index (χ4v) is 2.41. The Bertz CT molecular complexity index is 450. The van der Waals surface area contributed by atoms with Crippen molar-refractivity contribution in [2.45, 2.75) is 6.42 Å². The van der Waals surface area contributed by atoms with E-state index in [1.54, 1.807) is 19.1 Å². The monoisotopic (exact) mass is 269 g/mol. The minimum Gasteiger partial charge on any atom is -0.493 e. The predicted octanol–water partition coefficient (Wildman–Crippen LogP) is 2.30. The zero-order valence-electron chi connectivity index (χ0n) is 10.5. The molecule has 4 nitrogen and oxygen atoms in total. The number of para-hydroxylation sites is 1. The average molecular weight is 270 g/mol. The molecule has 1 aliphatic rings. The first kappa shape index (κ1) is 13.0. The molecule has 98 valence electrons. The second-order valence-electron chi connectivity index (χ2n) is 4.24. The smallest absolute Gasteiger partial charge is 0.227 e. The zero-order valence-corrected chi connectivity index (χ0v) is 11.2. The average Bonchev–Trinajstić information content (AvgIpc) is 2.78. The van der Waals surface area contributed by atoms with Gasteiger partial charge >= 0.3 is 0 Å². The van der Waals surface area contributed by atoms with Gasteiger partial charge in [0, 0.05) is 18.8 Å². The molecule has 1 aromatic carbocycles. The van der Waals surface area contributed by atoms with Crippen LogP contribution in [0, 0.1) is 5.92 Å². The van der Waals surface area contributed by atoms with Gasteiger partial charge in [0.2, 0.25) is 5.91 Å². The van der Waals surface area contributed by atoms with E-state index in [-0.39, 0.29) is 11.8 Å². The van der Waals surface area contributed by atoms with Crippen molar-refractivity contribution < 1.29 is 14.3 Å². The number of alkyl halides is 1. The molecule has 1 amide bonds. The first-order valence-corrected chi connectivity index (χ1v) is 6.32. The van der Waals surface area contributed by atoms with E-state index in [1.807, 2.05) is 18.2 Å². The molecule has 1 unspecified atom stereocenters. The Hall–Kier alpha value is -1.42. The molecule has 1 fully saturated rings. The molecule has 0 spiro atoms. The van der Waals surface area contributed by atoms with Gasteiger partial charge in [0.05, 0.1) is 19.9 Å². The Morgan fingerprint density at radius 2 is 2.17 bits per heavy atom. The molecule has 0 aliphatic carbocycles. The van der Waals surface area contributed by atoms with Crippen molar-refractivity contribution in [3.63, 3.8) is 0 Å². The molecule has 18 heavy (non-hydrogen) atoms. The second kappa shape index (κ2) is 5.48. The number of halogens is 1. The summed E-state index contributed by atoms with van der Waals surface area (Å²) < 4.78 is 10.6. The summed E-state index contributed by atoms with van der Waals surface area (Å²) in [5.74, 6) is 1.98. The number of ether oxygens (including phenoxy) is 2. The van der Waals surface area contributed by atoms with Crippen LogP contribution in [0.3, 0.4) is 0 Å². The summed E-state index contributed by atoms with van der Waals surface area (Å²) in [6.07, 6.45) is 0.490. The molecular weight excluding hydrogens is 254 g/mol. The molecule has 1 atom stereocenters. The Balaban J connectivity index is 2.36. The molecule has 2 rings (SSSR count). The van der Waals surface area contributed by atoms with Crippen LogP contribution in [0.2, 0.25) is 0 Å². The zero-order chi connectivity index (χ0) is 13.1. The third-order valence-electron chi connectivity index (χ3n) is 3.10. The number of nitrogens with zero attached hydrogens (tertiary/aromatic N) is 1. The molecule has 1 saturated heterocycles. The van der Waals surface area contributed by atoms with Gasteiger partial charge in [0.25, 0.3) is 0 Å². The highest BCUT2D eigenvalue weighted by Gasteiger charge is 2.32. The number of carbonyl (C=O) groups excluding carboxylic acids is 1. The SMILES string of the molecule is COc1cccc(N2CC(CCl)CC2=O)c1OC. The van der Waals surface area contributed by atoms with E-state index in [2.05, 4.69) is 0 Å². The molecule has 1 aliphatic heterocycles. The molecule has 0 aromatic heterocycles. The van der Waals surface area contributed by atoms with Gasteiger partial charge in [-0.2, -0.15) is 0 Å². The maximum absolute atomic E-state index is 12.0. The predicted molar refractivity (Wildman–Crippen MR) is 70.7 cm³/mol. The molecule has 0 bridgehead atoms. The maximum Gasteiger partial charge on any atom is 0.227 e. The largest absolute Gasteiger partial charge is 0.493 e. The van der Waals surface area contributed by atoms with E-state index in [1.165, 1.54) is 0 Å². The maximum atomic E-state index is 12.0. The van der Waals surface area contributed by atoms with Crippen LogP contribution in [0.5, 0.6) is 11.5 Å². The Labute approximate surface area is 111 Å². The quantitative estimate of drug-likeness (QED) is 0.788. The summed E-state index contributed by atoms with van der Waals surface area (Å²) in [4.78, 5) is 13.7. The van der Waals surface area contributed by atoms with Crippen molar-refractivity contribution in [1.29, 1.82) is 0 Å².